The molecule has 0 saturated carbocycles. The molecule has 0 amide bonds. The number of hydrogen-bond acceptors (Lipinski definition) is 0. The van der Waals surface area contributed by atoms with Crippen LogP contribution in [0.2, 0.25) is 5.02 Å². The predicted molar refractivity (Wildman–Crippen MR) is 73.1 cm³/mol. The Bertz CT molecular complexity index is 577. The third-order valence-corrected chi connectivity index (χ3v) is 2.63. The molecule has 0 N–H and O–H groups in total. The summed E-state index contributed by atoms with van der Waals surface area (Å²) in [5.41, 5.74) is 2.66. The standard InChI is InChI=1S/C15H10ClN/c1-17-15-5-3-2-4-13(15)9-6-12-7-10-14(16)11-8-12/h2-11H/b9-6+. The second-order valence-electron chi connectivity index (χ2n) is 3.56. The Morgan fingerprint density at radius 1 is 0.941 bits per heavy atom. The Labute approximate surface area is 106 Å². The first-order chi connectivity index (χ1) is 8.29. The van der Waals surface area contributed by atoms with Crippen LogP contribution < -0.4 is 0 Å². The first-order valence-corrected chi connectivity index (χ1v) is 5.57. The molecule has 82 valence electrons. The molecular formula is C15H10ClN. The van der Waals surface area contributed by atoms with Crippen molar-refractivity contribution < 1.29 is 0 Å². The summed E-state index contributed by atoms with van der Waals surface area (Å²) in [5.74, 6) is 0. The maximum absolute atomic E-state index is 7.07. The van der Waals surface area contributed by atoms with Gasteiger partial charge >= 0.3 is 0 Å². The van der Waals surface area contributed by atoms with Crippen molar-refractivity contribution >= 4 is 29.4 Å². The molecule has 0 aromatic heterocycles. The lowest BCUT2D eigenvalue weighted by Crippen LogP contribution is -1.73. The maximum atomic E-state index is 7.07. The zero-order chi connectivity index (χ0) is 12.1. The summed E-state index contributed by atoms with van der Waals surface area (Å²) in [4.78, 5) is 3.47. The zero-order valence-electron chi connectivity index (χ0n) is 9.10. The van der Waals surface area contributed by atoms with E-state index in [4.69, 9.17) is 18.2 Å². The second-order valence-corrected chi connectivity index (χ2v) is 3.99. The van der Waals surface area contributed by atoms with Gasteiger partial charge in [0.05, 0.1) is 6.57 Å². The van der Waals surface area contributed by atoms with Gasteiger partial charge in [-0.05, 0) is 23.3 Å². The number of nitrogens with zero attached hydrogens (tertiary/aromatic N) is 1. The van der Waals surface area contributed by atoms with Gasteiger partial charge < -0.3 is 0 Å². The van der Waals surface area contributed by atoms with Gasteiger partial charge in [-0.15, -0.1) is 0 Å². The molecule has 0 aliphatic carbocycles. The highest BCUT2D eigenvalue weighted by molar-refractivity contribution is 6.30. The van der Waals surface area contributed by atoms with Gasteiger partial charge in [0.25, 0.3) is 0 Å². The van der Waals surface area contributed by atoms with Gasteiger partial charge in [0.1, 0.15) is 0 Å². The van der Waals surface area contributed by atoms with Gasteiger partial charge in [0.2, 0.25) is 0 Å². The average molecular weight is 240 g/mol. The fourth-order valence-corrected chi connectivity index (χ4v) is 1.62. The van der Waals surface area contributed by atoms with Crippen molar-refractivity contribution in [3.8, 4) is 0 Å². The van der Waals surface area contributed by atoms with Crippen LogP contribution in [-0.2, 0) is 0 Å². The molecule has 1 nitrogen and oxygen atoms in total. The first-order valence-electron chi connectivity index (χ1n) is 5.20. The molecule has 2 heteroatoms. The lowest BCUT2D eigenvalue weighted by Gasteiger charge is -1.97. The normalized spacial score (nSPS) is 10.4. The molecule has 0 saturated heterocycles. The van der Waals surface area contributed by atoms with Crippen molar-refractivity contribution in [2.75, 3.05) is 0 Å². The molecule has 0 atom stereocenters. The molecular weight excluding hydrogens is 230 g/mol. The number of rotatable bonds is 2. The highest BCUT2D eigenvalue weighted by atomic mass is 35.5. The van der Waals surface area contributed by atoms with Crippen LogP contribution in [0.3, 0.4) is 0 Å². The van der Waals surface area contributed by atoms with Crippen molar-refractivity contribution in [3.05, 3.63) is 76.1 Å². The van der Waals surface area contributed by atoms with E-state index in [1.165, 1.54) is 0 Å². The van der Waals surface area contributed by atoms with Crippen LogP contribution in [0.1, 0.15) is 11.1 Å². The highest BCUT2D eigenvalue weighted by Gasteiger charge is 1.96. The highest BCUT2D eigenvalue weighted by Crippen LogP contribution is 2.21. The van der Waals surface area contributed by atoms with E-state index in [2.05, 4.69) is 4.85 Å². The summed E-state index contributed by atoms with van der Waals surface area (Å²) < 4.78 is 0. The summed E-state index contributed by atoms with van der Waals surface area (Å²) in [7, 11) is 0. The molecule has 0 aliphatic rings. The molecule has 2 aromatic rings. The van der Waals surface area contributed by atoms with Gasteiger partial charge in [0.15, 0.2) is 5.69 Å². The average Bonchev–Trinajstić information content (AvgIpc) is 2.38. The predicted octanol–water partition coefficient (Wildman–Crippen LogP) is 5.06. The van der Waals surface area contributed by atoms with Gasteiger partial charge in [0, 0.05) is 5.02 Å². The molecule has 0 unspecified atom stereocenters. The topological polar surface area (TPSA) is 4.36 Å². The zero-order valence-corrected chi connectivity index (χ0v) is 9.85. The molecule has 0 fully saturated rings. The smallest absolute Gasteiger partial charge is 0.194 e. The van der Waals surface area contributed by atoms with Gasteiger partial charge in [-0.2, -0.15) is 0 Å². The summed E-state index contributed by atoms with van der Waals surface area (Å²) in [5, 5.41) is 0.726. The summed E-state index contributed by atoms with van der Waals surface area (Å²) in [6.45, 7) is 7.07. The Morgan fingerprint density at radius 3 is 2.35 bits per heavy atom. The SMILES string of the molecule is [C-]#[N+]c1ccccc1/C=C/c1ccc(Cl)cc1. The van der Waals surface area contributed by atoms with E-state index in [1.807, 2.05) is 60.7 Å². The molecule has 0 spiro atoms. The first kappa shape index (κ1) is 11.4. The second kappa shape index (κ2) is 5.34. The minimum atomic E-state index is 0.665. The third kappa shape index (κ3) is 2.96. The number of halogens is 1. The Kier molecular flexibility index (Phi) is 3.59. The molecule has 2 aromatic carbocycles. The van der Waals surface area contributed by atoms with E-state index in [1.54, 1.807) is 0 Å². The maximum Gasteiger partial charge on any atom is 0.194 e. The summed E-state index contributed by atoms with van der Waals surface area (Å²) >= 11 is 5.81. The van der Waals surface area contributed by atoms with E-state index >= 15 is 0 Å². The Morgan fingerprint density at radius 2 is 1.65 bits per heavy atom. The number of hydrogen-bond donors (Lipinski definition) is 0. The van der Waals surface area contributed by atoms with Crippen molar-refractivity contribution in [2.45, 2.75) is 0 Å². The van der Waals surface area contributed by atoms with Crippen LogP contribution >= 0.6 is 11.6 Å². The Balaban J connectivity index is 2.26. The van der Waals surface area contributed by atoms with E-state index in [0.29, 0.717) is 5.69 Å². The van der Waals surface area contributed by atoms with Crippen LogP contribution in [0.15, 0.2) is 48.5 Å². The molecule has 17 heavy (non-hydrogen) atoms. The van der Waals surface area contributed by atoms with E-state index < -0.39 is 0 Å². The molecule has 0 aliphatic heterocycles. The number of benzene rings is 2. The van der Waals surface area contributed by atoms with Crippen molar-refractivity contribution in [1.82, 2.24) is 0 Å². The van der Waals surface area contributed by atoms with Gasteiger partial charge in [-0.3, -0.25) is 0 Å². The van der Waals surface area contributed by atoms with Crippen molar-refractivity contribution in [3.63, 3.8) is 0 Å². The number of para-hydroxylation sites is 1. The van der Waals surface area contributed by atoms with Crippen molar-refractivity contribution in [2.24, 2.45) is 0 Å². The monoisotopic (exact) mass is 239 g/mol. The summed E-state index contributed by atoms with van der Waals surface area (Å²) in [6.07, 6.45) is 3.91. The van der Waals surface area contributed by atoms with E-state index in [9.17, 15) is 0 Å². The fraction of sp³-hybridized carbons (Fsp3) is 0. The van der Waals surface area contributed by atoms with E-state index in [0.717, 1.165) is 16.1 Å². The van der Waals surface area contributed by atoms with Gasteiger partial charge in [-0.1, -0.05) is 60.2 Å². The van der Waals surface area contributed by atoms with Gasteiger partial charge in [-0.25, -0.2) is 4.85 Å². The lowest BCUT2D eigenvalue weighted by molar-refractivity contribution is 1.65. The quantitative estimate of drug-likeness (QED) is 0.510. The minimum absolute atomic E-state index is 0.665. The minimum Gasteiger partial charge on any atom is -0.238 e. The molecule has 0 radical (unpaired) electrons. The lowest BCUT2D eigenvalue weighted by atomic mass is 10.1. The summed E-state index contributed by atoms with van der Waals surface area (Å²) in [6, 6.07) is 15.1. The van der Waals surface area contributed by atoms with Crippen LogP contribution in [0, 0.1) is 6.57 Å². The molecule has 0 heterocycles. The van der Waals surface area contributed by atoms with Crippen LogP contribution in [0.25, 0.3) is 17.0 Å². The molecule has 0 bridgehead atoms. The third-order valence-electron chi connectivity index (χ3n) is 2.38. The Hall–Kier alpha value is -2.04. The fourth-order valence-electron chi connectivity index (χ4n) is 1.49. The van der Waals surface area contributed by atoms with Crippen LogP contribution in [0.4, 0.5) is 5.69 Å². The van der Waals surface area contributed by atoms with E-state index in [-0.39, 0.29) is 0 Å². The molecule has 2 rings (SSSR count). The van der Waals surface area contributed by atoms with Crippen LogP contribution in [-0.4, -0.2) is 0 Å². The largest absolute Gasteiger partial charge is 0.238 e. The van der Waals surface area contributed by atoms with Crippen molar-refractivity contribution in [1.29, 1.82) is 0 Å². The van der Waals surface area contributed by atoms with Crippen LogP contribution in [0.5, 0.6) is 0 Å².